The Morgan fingerprint density at radius 2 is 2.19 bits per heavy atom. The molecule has 0 aromatic rings. The van der Waals surface area contributed by atoms with E-state index < -0.39 is 0 Å². The zero-order valence-corrected chi connectivity index (χ0v) is 10.4. The number of hydrogen-bond acceptors (Lipinski definition) is 3. The van der Waals surface area contributed by atoms with Crippen LogP contribution in [0.15, 0.2) is 0 Å². The lowest BCUT2D eigenvalue weighted by atomic mass is 9.88. The fourth-order valence-electron chi connectivity index (χ4n) is 1.48. The Hall–Kier alpha value is -1.17. The Morgan fingerprint density at radius 3 is 2.62 bits per heavy atom. The van der Waals surface area contributed by atoms with E-state index in [1.807, 2.05) is 13.8 Å². The molecule has 1 saturated heterocycles. The van der Waals surface area contributed by atoms with Crippen molar-refractivity contribution in [2.24, 2.45) is 11.1 Å². The molecule has 6 heteroatoms. The van der Waals surface area contributed by atoms with E-state index in [0.717, 1.165) is 6.42 Å². The van der Waals surface area contributed by atoms with Gasteiger partial charge in [-0.25, -0.2) is 4.79 Å². The number of amides is 3. The van der Waals surface area contributed by atoms with E-state index in [-0.39, 0.29) is 23.9 Å². The molecule has 3 N–H and O–H groups in total. The van der Waals surface area contributed by atoms with E-state index in [1.54, 1.807) is 0 Å². The van der Waals surface area contributed by atoms with Crippen LogP contribution in [-0.4, -0.2) is 34.9 Å². The molecule has 90 valence electrons. The first-order valence-corrected chi connectivity index (χ1v) is 5.63. The molecule has 0 aromatic heterocycles. The lowest BCUT2D eigenvalue weighted by Crippen LogP contribution is -2.34. The smallest absolute Gasteiger partial charge is 0.324 e. The molecule has 0 saturated carbocycles. The van der Waals surface area contributed by atoms with E-state index in [4.69, 9.17) is 18.0 Å². The zero-order chi connectivity index (χ0) is 12.3. The average molecular weight is 243 g/mol. The summed E-state index contributed by atoms with van der Waals surface area (Å²) in [6.45, 7) is 4.46. The number of carbonyl (C=O) groups excluding carboxylic acids is 2. The second-order valence-corrected chi connectivity index (χ2v) is 5.00. The highest BCUT2D eigenvalue weighted by Crippen LogP contribution is 2.22. The van der Waals surface area contributed by atoms with E-state index in [9.17, 15) is 9.59 Å². The van der Waals surface area contributed by atoms with E-state index >= 15 is 0 Å². The Bertz CT molecular complexity index is 312. The van der Waals surface area contributed by atoms with E-state index in [2.05, 4.69) is 5.32 Å². The second kappa shape index (κ2) is 4.78. The molecule has 0 aliphatic carbocycles. The lowest BCUT2D eigenvalue weighted by molar-refractivity contribution is -0.125. The third kappa shape index (κ3) is 2.91. The molecular weight excluding hydrogens is 226 g/mol. The molecule has 5 nitrogen and oxygen atoms in total. The standard InChI is InChI=1S/C10H17N3O2S/c1-10(2,8(11)16)4-3-5-13-7(14)6-12-9(13)15/h3-6H2,1-2H3,(H2,11,16)(H,12,15). The summed E-state index contributed by atoms with van der Waals surface area (Å²) >= 11 is 4.94. The predicted molar refractivity (Wildman–Crippen MR) is 64.9 cm³/mol. The van der Waals surface area contributed by atoms with Crippen LogP contribution in [0.5, 0.6) is 0 Å². The van der Waals surface area contributed by atoms with Crippen LogP contribution >= 0.6 is 12.2 Å². The Morgan fingerprint density at radius 1 is 1.56 bits per heavy atom. The minimum atomic E-state index is -0.307. The minimum absolute atomic E-state index is 0.109. The van der Waals surface area contributed by atoms with Gasteiger partial charge in [0.2, 0.25) is 5.91 Å². The van der Waals surface area contributed by atoms with Crippen molar-refractivity contribution in [3.63, 3.8) is 0 Å². The number of nitrogens with one attached hydrogen (secondary N) is 1. The van der Waals surface area contributed by atoms with Gasteiger partial charge in [0.15, 0.2) is 0 Å². The van der Waals surface area contributed by atoms with Gasteiger partial charge in [-0.2, -0.15) is 0 Å². The highest BCUT2D eigenvalue weighted by atomic mass is 32.1. The van der Waals surface area contributed by atoms with Gasteiger partial charge in [-0.1, -0.05) is 26.1 Å². The van der Waals surface area contributed by atoms with Crippen molar-refractivity contribution >= 4 is 29.1 Å². The summed E-state index contributed by atoms with van der Waals surface area (Å²) < 4.78 is 0. The van der Waals surface area contributed by atoms with Crippen LogP contribution < -0.4 is 11.1 Å². The second-order valence-electron chi connectivity index (χ2n) is 4.56. The van der Waals surface area contributed by atoms with Crippen LogP contribution in [0.1, 0.15) is 26.7 Å². The molecule has 1 aliphatic heterocycles. The molecule has 1 rings (SSSR count). The van der Waals surface area contributed by atoms with Crippen molar-refractivity contribution in [3.8, 4) is 0 Å². The minimum Gasteiger partial charge on any atom is -0.393 e. The maximum atomic E-state index is 11.3. The summed E-state index contributed by atoms with van der Waals surface area (Å²) in [4.78, 5) is 24.2. The first kappa shape index (κ1) is 12.9. The third-order valence-electron chi connectivity index (χ3n) is 2.79. The van der Waals surface area contributed by atoms with Gasteiger partial charge in [-0.3, -0.25) is 9.69 Å². The molecule has 0 spiro atoms. The Balaban J connectivity index is 2.38. The van der Waals surface area contributed by atoms with Crippen molar-refractivity contribution < 1.29 is 9.59 Å². The SMILES string of the molecule is CC(C)(CCCN1C(=O)CNC1=O)C(N)=S. The van der Waals surface area contributed by atoms with Crippen molar-refractivity contribution in [3.05, 3.63) is 0 Å². The van der Waals surface area contributed by atoms with Crippen molar-refractivity contribution in [1.29, 1.82) is 0 Å². The first-order chi connectivity index (χ1) is 7.34. The molecule has 1 fully saturated rings. The number of nitrogens with two attached hydrogens (primary N) is 1. The highest BCUT2D eigenvalue weighted by molar-refractivity contribution is 7.80. The van der Waals surface area contributed by atoms with E-state index in [1.165, 1.54) is 4.90 Å². The largest absolute Gasteiger partial charge is 0.393 e. The fourth-order valence-corrected chi connectivity index (χ4v) is 1.59. The first-order valence-electron chi connectivity index (χ1n) is 5.23. The van der Waals surface area contributed by atoms with Crippen LogP contribution in [0.4, 0.5) is 4.79 Å². The predicted octanol–water partition coefficient (Wildman–Crippen LogP) is 0.631. The quantitative estimate of drug-likeness (QED) is 0.548. The third-order valence-corrected chi connectivity index (χ3v) is 3.34. The molecule has 0 aromatic carbocycles. The molecular formula is C10H17N3O2S. The van der Waals surface area contributed by atoms with Gasteiger partial charge in [-0.05, 0) is 12.8 Å². The van der Waals surface area contributed by atoms with Gasteiger partial charge < -0.3 is 11.1 Å². The van der Waals surface area contributed by atoms with Crippen LogP contribution in [0.2, 0.25) is 0 Å². The zero-order valence-electron chi connectivity index (χ0n) is 9.58. The highest BCUT2D eigenvalue weighted by Gasteiger charge is 2.29. The van der Waals surface area contributed by atoms with Gasteiger partial charge in [-0.15, -0.1) is 0 Å². The summed E-state index contributed by atoms with van der Waals surface area (Å²) in [5.41, 5.74) is 5.36. The molecule has 0 bridgehead atoms. The average Bonchev–Trinajstić information content (AvgIpc) is 2.48. The number of rotatable bonds is 5. The Labute approximate surface area is 100 Å². The molecule has 0 radical (unpaired) electrons. The van der Waals surface area contributed by atoms with Crippen LogP contribution in [0, 0.1) is 5.41 Å². The summed E-state index contributed by atoms with van der Waals surface area (Å²) in [5.74, 6) is -0.168. The van der Waals surface area contributed by atoms with Gasteiger partial charge in [0.1, 0.15) is 0 Å². The van der Waals surface area contributed by atoms with Crippen LogP contribution in [0.3, 0.4) is 0 Å². The van der Waals surface area contributed by atoms with Gasteiger partial charge in [0, 0.05) is 12.0 Å². The summed E-state index contributed by atoms with van der Waals surface area (Å²) in [5, 5.41) is 2.48. The van der Waals surface area contributed by atoms with Crippen molar-refractivity contribution in [2.75, 3.05) is 13.1 Å². The summed E-state index contributed by atoms with van der Waals surface area (Å²) in [7, 11) is 0. The molecule has 0 atom stereocenters. The fraction of sp³-hybridized carbons (Fsp3) is 0.700. The van der Waals surface area contributed by atoms with Gasteiger partial charge >= 0.3 is 6.03 Å². The number of carbonyl (C=O) groups is 2. The number of imide groups is 1. The molecule has 16 heavy (non-hydrogen) atoms. The number of urea groups is 1. The monoisotopic (exact) mass is 243 g/mol. The van der Waals surface area contributed by atoms with Crippen molar-refractivity contribution in [1.82, 2.24) is 10.2 Å². The molecule has 1 heterocycles. The van der Waals surface area contributed by atoms with Crippen LogP contribution in [0.25, 0.3) is 0 Å². The summed E-state index contributed by atoms with van der Waals surface area (Å²) in [6.07, 6.45) is 1.48. The maximum Gasteiger partial charge on any atom is 0.324 e. The number of hydrogen-bond donors (Lipinski definition) is 2. The van der Waals surface area contributed by atoms with Gasteiger partial charge in [0.05, 0.1) is 11.5 Å². The molecule has 3 amide bonds. The van der Waals surface area contributed by atoms with Crippen LogP contribution in [-0.2, 0) is 4.79 Å². The Kier molecular flexibility index (Phi) is 3.85. The topological polar surface area (TPSA) is 75.4 Å². The van der Waals surface area contributed by atoms with Crippen molar-refractivity contribution in [2.45, 2.75) is 26.7 Å². The van der Waals surface area contributed by atoms with E-state index in [0.29, 0.717) is 18.0 Å². The summed E-state index contributed by atoms with van der Waals surface area (Å²) in [6, 6.07) is -0.307. The normalized spacial score (nSPS) is 16.5. The molecule has 0 unspecified atom stereocenters. The number of thiocarbonyl (C=S) groups is 1. The maximum absolute atomic E-state index is 11.3. The lowest BCUT2D eigenvalue weighted by Gasteiger charge is -2.23. The molecule has 1 aliphatic rings. The number of nitrogens with zero attached hydrogens (tertiary/aromatic N) is 1. The van der Waals surface area contributed by atoms with Gasteiger partial charge in [0.25, 0.3) is 0 Å².